The fourth-order valence-corrected chi connectivity index (χ4v) is 7.58. The van der Waals surface area contributed by atoms with E-state index in [2.05, 4.69) is 33.2 Å². The Morgan fingerprint density at radius 2 is 1.93 bits per heavy atom. The number of aromatic nitrogens is 3. The number of anilines is 1. The van der Waals surface area contributed by atoms with Crippen LogP contribution in [0.5, 0.6) is 11.8 Å². The fraction of sp³-hybridized carbons (Fsp3) is 0.469. The van der Waals surface area contributed by atoms with Gasteiger partial charge >= 0.3 is 6.01 Å². The summed E-state index contributed by atoms with van der Waals surface area (Å²) < 4.78 is 22.9. The Balaban J connectivity index is 1.28. The van der Waals surface area contributed by atoms with E-state index in [0.717, 1.165) is 75.4 Å². The van der Waals surface area contributed by atoms with E-state index in [9.17, 15) is 5.11 Å². The maximum Gasteiger partial charge on any atom is 0.319 e. The molecule has 41 heavy (non-hydrogen) atoms. The first-order valence-electron chi connectivity index (χ1n) is 15.0. The Bertz CT molecular complexity index is 1670. The minimum atomic E-state index is -0.505. The number of aryl methyl sites for hydroxylation is 2. The molecule has 0 amide bonds. The predicted molar refractivity (Wildman–Crippen MR) is 157 cm³/mol. The number of nitrogens with zero attached hydrogens (tertiary/aromatic N) is 5. The van der Waals surface area contributed by atoms with E-state index in [0.29, 0.717) is 41.5 Å². The van der Waals surface area contributed by atoms with Gasteiger partial charge in [-0.1, -0.05) is 12.1 Å². The van der Waals surface area contributed by atoms with Gasteiger partial charge in [0.15, 0.2) is 5.82 Å². The molecule has 3 saturated heterocycles. The molecule has 4 aliphatic rings. The zero-order chi connectivity index (χ0) is 27.7. The number of phenolic OH excluding ortho intramolecular Hbond substituents is 1. The molecule has 2 N–H and O–H groups in total. The van der Waals surface area contributed by atoms with Crippen molar-refractivity contribution in [3.05, 3.63) is 47.4 Å². The number of benzene rings is 2. The number of likely N-dealkylation sites (tertiary alicyclic amines) is 1. The summed E-state index contributed by atoms with van der Waals surface area (Å²) in [5, 5.41) is 16.7. The molecule has 2 bridgehead atoms. The zero-order valence-corrected chi connectivity index (χ0v) is 23.4. The lowest BCUT2D eigenvalue weighted by molar-refractivity contribution is 0.188. The number of hydrogen-bond acceptors (Lipinski definition) is 8. The highest BCUT2D eigenvalue weighted by Gasteiger charge is 2.34. The van der Waals surface area contributed by atoms with Crippen molar-refractivity contribution in [3.8, 4) is 23.0 Å². The Labute approximate surface area is 238 Å². The average molecular weight is 555 g/mol. The lowest BCUT2D eigenvalue weighted by atomic mass is 9.94. The third kappa shape index (κ3) is 4.28. The molecule has 3 aliphatic heterocycles. The largest absolute Gasteiger partial charge is 0.508 e. The minimum absolute atomic E-state index is 0.0936. The first kappa shape index (κ1) is 25.2. The molecule has 9 heteroatoms. The van der Waals surface area contributed by atoms with Gasteiger partial charge in [-0.05, 0) is 92.6 Å². The predicted octanol–water partition coefficient (Wildman–Crippen LogP) is 4.59. The Kier molecular flexibility index (Phi) is 6.00. The number of nitrogens with one attached hydrogen (secondary N) is 1. The number of phenols is 1. The summed E-state index contributed by atoms with van der Waals surface area (Å²) in [5.41, 5.74) is 3.53. The SMILES string of the molecule is CN1CCCC1COc1nc(N2CC3CCC(C2)N3)c2cnc(-c3cc(O)cc4ccc5c(c34)CCC5)c(F)c2n1. The summed E-state index contributed by atoms with van der Waals surface area (Å²) in [5.74, 6) is 0.272. The quantitative estimate of drug-likeness (QED) is 0.371. The molecular weight excluding hydrogens is 519 g/mol. The van der Waals surface area contributed by atoms with Crippen LogP contribution in [0.3, 0.4) is 0 Å². The number of likely N-dealkylation sites (N-methyl/N-ethyl adjacent to an activating group) is 1. The number of ether oxygens (including phenoxy) is 1. The van der Waals surface area contributed by atoms with Crippen molar-refractivity contribution < 1.29 is 14.2 Å². The summed E-state index contributed by atoms with van der Waals surface area (Å²) in [7, 11) is 2.11. The molecular formula is C32H35FN6O2. The number of fused-ring (bicyclic) bond motifs is 6. The van der Waals surface area contributed by atoms with Gasteiger partial charge in [-0.25, -0.2) is 4.39 Å². The van der Waals surface area contributed by atoms with Crippen molar-refractivity contribution in [1.29, 1.82) is 0 Å². The maximum atomic E-state index is 16.7. The normalized spacial score (nSPS) is 24.0. The highest BCUT2D eigenvalue weighted by molar-refractivity contribution is 6.02. The second-order valence-corrected chi connectivity index (χ2v) is 12.3. The van der Waals surface area contributed by atoms with Crippen molar-refractivity contribution in [2.45, 2.75) is 63.1 Å². The van der Waals surface area contributed by atoms with Gasteiger partial charge < -0.3 is 25.0 Å². The summed E-state index contributed by atoms with van der Waals surface area (Å²) in [6.07, 6.45) is 9.20. The number of halogens is 1. The van der Waals surface area contributed by atoms with Gasteiger partial charge in [-0.2, -0.15) is 9.97 Å². The van der Waals surface area contributed by atoms with Crippen LogP contribution in [0.25, 0.3) is 32.9 Å². The topological polar surface area (TPSA) is 86.6 Å². The van der Waals surface area contributed by atoms with Crippen molar-refractivity contribution in [2.24, 2.45) is 0 Å². The van der Waals surface area contributed by atoms with Gasteiger partial charge in [0, 0.05) is 43.0 Å². The molecule has 3 unspecified atom stereocenters. The molecule has 0 saturated carbocycles. The van der Waals surface area contributed by atoms with E-state index >= 15 is 4.39 Å². The third-order valence-electron chi connectivity index (χ3n) is 9.67. The van der Waals surface area contributed by atoms with E-state index in [1.54, 1.807) is 18.3 Å². The molecule has 0 radical (unpaired) electrons. The summed E-state index contributed by atoms with van der Waals surface area (Å²) in [4.78, 5) is 18.8. The van der Waals surface area contributed by atoms with Crippen LogP contribution in [0, 0.1) is 5.82 Å². The van der Waals surface area contributed by atoms with Crippen molar-refractivity contribution in [2.75, 3.05) is 38.2 Å². The molecule has 5 heterocycles. The monoisotopic (exact) mass is 554 g/mol. The lowest BCUT2D eigenvalue weighted by Crippen LogP contribution is -2.51. The average Bonchev–Trinajstić information content (AvgIpc) is 3.71. The van der Waals surface area contributed by atoms with Crippen LogP contribution in [0.1, 0.15) is 43.2 Å². The highest BCUT2D eigenvalue weighted by Crippen LogP contribution is 2.41. The van der Waals surface area contributed by atoms with Gasteiger partial charge in [-0.3, -0.25) is 4.98 Å². The highest BCUT2D eigenvalue weighted by atomic mass is 19.1. The van der Waals surface area contributed by atoms with E-state index in [1.807, 2.05) is 6.07 Å². The standard InChI is InChI=1S/C32H35FN6O2/c1-38-11-3-5-22(38)17-41-32-36-30-26(31(37-32)39-15-20-9-10-21(16-39)35-20)14-34-29(28(30)33)25-13-23(40)12-19-8-7-18-4-2-6-24(18)27(19)25/h7-8,12-14,20-22,35,40H,2-6,9-11,15-17H2,1H3. The van der Waals surface area contributed by atoms with Crippen LogP contribution >= 0.6 is 0 Å². The maximum absolute atomic E-state index is 16.7. The minimum Gasteiger partial charge on any atom is -0.508 e. The van der Waals surface area contributed by atoms with E-state index in [4.69, 9.17) is 14.7 Å². The molecule has 2 aromatic heterocycles. The number of hydrogen-bond donors (Lipinski definition) is 2. The Hall–Kier alpha value is -3.56. The molecule has 1 aliphatic carbocycles. The van der Waals surface area contributed by atoms with E-state index < -0.39 is 5.82 Å². The molecule has 8 nitrogen and oxygen atoms in total. The number of piperazine rings is 1. The van der Waals surface area contributed by atoms with Gasteiger partial charge in [0.25, 0.3) is 0 Å². The molecule has 3 atom stereocenters. The molecule has 2 aromatic carbocycles. The second-order valence-electron chi connectivity index (χ2n) is 12.3. The number of aromatic hydroxyl groups is 1. The number of pyridine rings is 1. The molecule has 0 spiro atoms. The van der Waals surface area contributed by atoms with Crippen LogP contribution in [0.2, 0.25) is 0 Å². The molecule has 3 fully saturated rings. The second kappa shape index (κ2) is 9.77. The first-order valence-corrected chi connectivity index (χ1v) is 15.0. The van der Waals surface area contributed by atoms with E-state index in [1.165, 1.54) is 11.1 Å². The van der Waals surface area contributed by atoms with Gasteiger partial charge in [0.05, 0.1) is 5.39 Å². The van der Waals surface area contributed by atoms with Crippen LogP contribution in [0.15, 0.2) is 30.5 Å². The van der Waals surface area contributed by atoms with Crippen LogP contribution in [-0.4, -0.2) is 76.4 Å². The summed E-state index contributed by atoms with van der Waals surface area (Å²) in [6, 6.07) is 8.84. The van der Waals surface area contributed by atoms with Crippen molar-refractivity contribution >= 4 is 27.5 Å². The van der Waals surface area contributed by atoms with Gasteiger partial charge in [-0.15, -0.1) is 0 Å². The first-order chi connectivity index (χ1) is 20.0. The Morgan fingerprint density at radius 3 is 2.73 bits per heavy atom. The van der Waals surface area contributed by atoms with Gasteiger partial charge in [0.2, 0.25) is 0 Å². The molecule has 8 rings (SSSR count). The molecule has 4 aromatic rings. The van der Waals surface area contributed by atoms with Crippen molar-refractivity contribution in [1.82, 2.24) is 25.2 Å². The summed E-state index contributed by atoms with van der Waals surface area (Å²) in [6.45, 7) is 3.13. The Morgan fingerprint density at radius 1 is 1.07 bits per heavy atom. The number of rotatable bonds is 5. The zero-order valence-electron chi connectivity index (χ0n) is 23.4. The lowest BCUT2D eigenvalue weighted by Gasteiger charge is -2.34. The van der Waals surface area contributed by atoms with Crippen LogP contribution < -0.4 is 15.0 Å². The summed E-state index contributed by atoms with van der Waals surface area (Å²) >= 11 is 0. The van der Waals surface area contributed by atoms with Crippen molar-refractivity contribution in [3.63, 3.8) is 0 Å². The van der Waals surface area contributed by atoms with Crippen LogP contribution in [-0.2, 0) is 12.8 Å². The molecule has 212 valence electrons. The van der Waals surface area contributed by atoms with Crippen LogP contribution in [0.4, 0.5) is 10.2 Å². The smallest absolute Gasteiger partial charge is 0.319 e. The third-order valence-corrected chi connectivity index (χ3v) is 9.67. The van der Waals surface area contributed by atoms with E-state index in [-0.39, 0.29) is 23.0 Å². The fourth-order valence-electron chi connectivity index (χ4n) is 7.58. The van der Waals surface area contributed by atoms with Gasteiger partial charge in [0.1, 0.15) is 29.4 Å².